The van der Waals surface area contributed by atoms with Crippen molar-refractivity contribution in [1.82, 2.24) is 4.90 Å². The molecule has 76 valence electrons. The van der Waals surface area contributed by atoms with Gasteiger partial charge in [-0.25, -0.2) is 0 Å². The Kier molecular flexibility index (Phi) is 8.43. The molecule has 0 aromatic heterocycles. The van der Waals surface area contributed by atoms with Crippen molar-refractivity contribution in [2.24, 2.45) is 0 Å². The molecule has 0 aliphatic heterocycles. The molecule has 1 rings (SSSR count). The summed E-state index contributed by atoms with van der Waals surface area (Å²) >= 11 is 5.31. The highest BCUT2D eigenvalue weighted by Crippen LogP contribution is 2.20. The van der Waals surface area contributed by atoms with Crippen molar-refractivity contribution >= 4 is 50.7 Å². The third kappa shape index (κ3) is 6.30. The number of thioether (sulfide) groups is 1. The van der Waals surface area contributed by atoms with E-state index in [1.165, 1.54) is 4.90 Å². The highest BCUT2D eigenvalue weighted by molar-refractivity contribution is 9.10. The predicted molar refractivity (Wildman–Crippen MR) is 72.0 cm³/mol. The molecule has 0 amide bonds. The molecule has 0 radical (unpaired) electrons. The summed E-state index contributed by atoms with van der Waals surface area (Å²) in [6, 6.07) is 8.45. The summed E-state index contributed by atoms with van der Waals surface area (Å²) in [5.74, 6) is 1.15. The second-order valence-corrected chi connectivity index (χ2v) is 5.19. The Morgan fingerprint density at radius 1 is 1.21 bits per heavy atom. The number of nitrogens with zero attached hydrogens (tertiary/aromatic N) is 1. The first-order valence-corrected chi connectivity index (χ1v) is 5.99. The van der Waals surface area contributed by atoms with Gasteiger partial charge in [-0.05, 0) is 38.4 Å². The third-order valence-corrected chi connectivity index (χ3v) is 3.14. The lowest BCUT2D eigenvalue weighted by atomic mass is 10.4. The van der Waals surface area contributed by atoms with E-state index in [0.717, 1.165) is 16.8 Å². The molecule has 0 fully saturated rings. The van der Waals surface area contributed by atoms with Crippen molar-refractivity contribution in [3.05, 3.63) is 28.7 Å². The summed E-state index contributed by atoms with van der Waals surface area (Å²) in [5, 5.41) is 0. The monoisotopic (exact) mass is 285 g/mol. The van der Waals surface area contributed by atoms with Gasteiger partial charge in [0.1, 0.15) is 0 Å². The molecule has 0 bridgehead atoms. The Bertz CT molecular complexity index is 251. The molecule has 0 saturated carbocycles. The van der Waals surface area contributed by atoms with Crippen molar-refractivity contribution in [1.29, 1.82) is 0 Å². The minimum atomic E-state index is 0. The fourth-order valence-corrected chi connectivity index (χ4v) is 2.16. The molecule has 0 atom stereocenters. The first-order chi connectivity index (χ1) is 6.18. The maximum Gasteiger partial charge on any atom is 0.316 e. The average Bonchev–Trinajstić information content (AvgIpc) is 2.08. The normalized spacial score (nSPS) is 10.0. The molecular weight excluding hydrogens is 270 g/mol. The van der Waals surface area contributed by atoms with Gasteiger partial charge in [-0.15, -0.1) is 11.8 Å². The molecule has 0 aliphatic rings. The molecule has 1 nitrogen and oxygen atoms in total. The van der Waals surface area contributed by atoms with Gasteiger partial charge in [0.05, 0.1) is 0 Å². The molecule has 4 heteroatoms. The molecule has 14 heavy (non-hydrogen) atoms. The van der Waals surface area contributed by atoms with Gasteiger partial charge in [-0.3, -0.25) is 0 Å². The zero-order valence-electron chi connectivity index (χ0n) is 7.96. The summed E-state index contributed by atoms with van der Waals surface area (Å²) in [7, 11) is 4.20. The smallest absolute Gasteiger partial charge is 0.309 e. The minimum absolute atomic E-state index is 0. The van der Waals surface area contributed by atoms with Crippen molar-refractivity contribution < 1.29 is 0 Å². The second-order valence-electron chi connectivity index (χ2n) is 3.11. The van der Waals surface area contributed by atoms with Crippen molar-refractivity contribution in [2.75, 3.05) is 26.4 Å². The topological polar surface area (TPSA) is 3.24 Å². The van der Waals surface area contributed by atoms with Crippen LogP contribution in [-0.2, 0) is 0 Å². The van der Waals surface area contributed by atoms with Crippen LogP contribution >= 0.6 is 27.7 Å². The molecule has 0 heterocycles. The summed E-state index contributed by atoms with van der Waals surface area (Å²) in [4.78, 5) is 3.54. The molecule has 1 aromatic carbocycles. The van der Waals surface area contributed by atoms with Crippen LogP contribution in [0.1, 0.15) is 0 Å². The molecule has 0 aliphatic carbocycles. The number of halogens is 1. The van der Waals surface area contributed by atoms with E-state index in [-0.39, 0.29) is 23.1 Å². The van der Waals surface area contributed by atoms with Crippen molar-refractivity contribution in [2.45, 2.75) is 4.90 Å². The van der Waals surface area contributed by atoms with E-state index in [9.17, 15) is 0 Å². The van der Waals surface area contributed by atoms with Crippen LogP contribution in [0.4, 0.5) is 0 Å². The number of hydrogen-bond donors (Lipinski definition) is 0. The van der Waals surface area contributed by atoms with Crippen LogP contribution < -0.4 is 0 Å². The van der Waals surface area contributed by atoms with Crippen LogP contribution in [0.2, 0.25) is 0 Å². The van der Waals surface area contributed by atoms with Gasteiger partial charge < -0.3 is 4.90 Å². The van der Waals surface area contributed by atoms with Crippen molar-refractivity contribution in [3.8, 4) is 0 Å². The molecular formula is C10H16BrMgNS. The summed E-state index contributed by atoms with van der Waals surface area (Å²) in [5.41, 5.74) is 0. The van der Waals surface area contributed by atoms with Gasteiger partial charge in [0.15, 0.2) is 0 Å². The van der Waals surface area contributed by atoms with Crippen LogP contribution in [0.3, 0.4) is 0 Å². The fourth-order valence-electron chi connectivity index (χ4n) is 0.877. The zero-order chi connectivity index (χ0) is 9.68. The lowest BCUT2D eigenvalue weighted by Gasteiger charge is -2.08. The molecule has 0 N–H and O–H groups in total. The second kappa shape index (κ2) is 7.99. The van der Waals surface area contributed by atoms with E-state index in [4.69, 9.17) is 0 Å². The van der Waals surface area contributed by atoms with Gasteiger partial charge in [-0.2, -0.15) is 0 Å². The lowest BCUT2D eigenvalue weighted by molar-refractivity contribution is 0.437. The number of hydrogen-bond acceptors (Lipinski definition) is 2. The van der Waals surface area contributed by atoms with E-state index in [0.29, 0.717) is 0 Å². The maximum atomic E-state index is 3.42. The van der Waals surface area contributed by atoms with E-state index in [2.05, 4.69) is 59.2 Å². The summed E-state index contributed by atoms with van der Waals surface area (Å²) in [6.45, 7) is 1.13. The lowest BCUT2D eigenvalue weighted by Crippen LogP contribution is -2.14. The Labute approximate surface area is 115 Å². The third-order valence-electron chi connectivity index (χ3n) is 1.62. The quantitative estimate of drug-likeness (QED) is 0.616. The highest BCUT2D eigenvalue weighted by atomic mass is 79.9. The standard InChI is InChI=1S/C10H14BrNS.Mg.2H/c1-12(2)7-8-13-10-5-3-9(11)4-6-10;;;/h3-6H,7-8H2,1-2H3;;;. The highest BCUT2D eigenvalue weighted by Gasteiger charge is 1.94. The first-order valence-electron chi connectivity index (χ1n) is 4.21. The van der Waals surface area contributed by atoms with E-state index in [1.807, 2.05) is 11.8 Å². The molecule has 1 aromatic rings. The largest absolute Gasteiger partial charge is 0.316 e. The van der Waals surface area contributed by atoms with E-state index in [1.54, 1.807) is 0 Å². The minimum Gasteiger partial charge on any atom is -0.309 e. The van der Waals surface area contributed by atoms with Gasteiger partial charge >= 0.3 is 23.1 Å². The molecule has 0 spiro atoms. The number of rotatable bonds is 4. The molecule has 0 unspecified atom stereocenters. The Balaban J connectivity index is 0.00000169. The maximum absolute atomic E-state index is 3.42. The van der Waals surface area contributed by atoms with Crippen LogP contribution in [0.5, 0.6) is 0 Å². The Hall–Kier alpha value is 0.776. The van der Waals surface area contributed by atoms with E-state index < -0.39 is 0 Å². The Morgan fingerprint density at radius 2 is 1.79 bits per heavy atom. The molecule has 0 saturated heterocycles. The zero-order valence-corrected chi connectivity index (χ0v) is 10.4. The fraction of sp³-hybridized carbons (Fsp3) is 0.400. The van der Waals surface area contributed by atoms with Gasteiger partial charge in [0.25, 0.3) is 0 Å². The van der Waals surface area contributed by atoms with Crippen LogP contribution in [0.25, 0.3) is 0 Å². The van der Waals surface area contributed by atoms with Crippen LogP contribution in [-0.4, -0.2) is 54.3 Å². The van der Waals surface area contributed by atoms with Crippen molar-refractivity contribution in [3.63, 3.8) is 0 Å². The SMILES string of the molecule is CN(C)CCSc1ccc(Br)cc1.[MgH2]. The summed E-state index contributed by atoms with van der Waals surface area (Å²) in [6.07, 6.45) is 0. The summed E-state index contributed by atoms with van der Waals surface area (Å²) < 4.78 is 1.14. The van der Waals surface area contributed by atoms with E-state index >= 15 is 0 Å². The van der Waals surface area contributed by atoms with Gasteiger partial charge in [0.2, 0.25) is 0 Å². The van der Waals surface area contributed by atoms with Crippen LogP contribution in [0, 0.1) is 0 Å². The Morgan fingerprint density at radius 3 is 2.29 bits per heavy atom. The van der Waals surface area contributed by atoms with Gasteiger partial charge in [-0.1, -0.05) is 15.9 Å². The van der Waals surface area contributed by atoms with Gasteiger partial charge in [0, 0.05) is 21.7 Å². The number of benzene rings is 1. The average molecular weight is 287 g/mol. The van der Waals surface area contributed by atoms with Crippen LogP contribution in [0.15, 0.2) is 33.6 Å². The predicted octanol–water partition coefficient (Wildman–Crippen LogP) is 2.19. The first kappa shape index (κ1) is 14.8.